The molecule has 0 atom stereocenters. The van der Waals surface area contributed by atoms with Crippen molar-refractivity contribution in [3.63, 3.8) is 0 Å². The number of carbonyl (C=O) groups is 2. The number of benzene rings is 1. The van der Waals surface area contributed by atoms with Crippen molar-refractivity contribution < 1.29 is 24.2 Å². The van der Waals surface area contributed by atoms with Crippen LogP contribution < -0.4 is 10.1 Å². The van der Waals surface area contributed by atoms with Gasteiger partial charge in [0.25, 0.3) is 0 Å². The summed E-state index contributed by atoms with van der Waals surface area (Å²) >= 11 is 0. The number of ether oxygens (including phenoxy) is 2. The Morgan fingerprint density at radius 2 is 2.04 bits per heavy atom. The lowest BCUT2D eigenvalue weighted by molar-refractivity contribution is -0.147. The topological polar surface area (TPSA) is 84.9 Å². The second-order valence-corrected chi connectivity index (χ2v) is 6.69. The van der Waals surface area contributed by atoms with Gasteiger partial charge in [-0.1, -0.05) is 6.07 Å². The fourth-order valence-corrected chi connectivity index (χ4v) is 2.87. The Kier molecular flexibility index (Phi) is 4.76. The molecular formula is C18H23NO5. The maximum Gasteiger partial charge on any atom is 0.319 e. The third-order valence-electron chi connectivity index (χ3n) is 4.86. The highest BCUT2D eigenvalue weighted by molar-refractivity contribution is 6.10. The van der Waals surface area contributed by atoms with Crippen LogP contribution in [0.15, 0.2) is 18.2 Å². The SMILES string of the molecule is Cc1ccc(NC(=O)C2(C(=O)O)CC2)cc1OCC1CCOCC1. The summed E-state index contributed by atoms with van der Waals surface area (Å²) in [5, 5.41) is 11.9. The molecule has 2 N–H and O–H groups in total. The summed E-state index contributed by atoms with van der Waals surface area (Å²) in [6, 6.07) is 5.41. The van der Waals surface area contributed by atoms with Gasteiger partial charge in [-0.3, -0.25) is 9.59 Å². The molecule has 1 heterocycles. The maximum absolute atomic E-state index is 12.2. The highest BCUT2D eigenvalue weighted by Gasteiger charge is 2.57. The molecule has 1 saturated heterocycles. The average Bonchev–Trinajstić information content (AvgIpc) is 3.38. The summed E-state index contributed by atoms with van der Waals surface area (Å²) in [5.74, 6) is -0.296. The van der Waals surface area contributed by atoms with E-state index >= 15 is 0 Å². The Morgan fingerprint density at radius 3 is 2.67 bits per heavy atom. The molecule has 24 heavy (non-hydrogen) atoms. The summed E-state index contributed by atoms with van der Waals surface area (Å²) in [7, 11) is 0. The van der Waals surface area contributed by atoms with Crippen LogP contribution in [0.2, 0.25) is 0 Å². The molecule has 1 aromatic carbocycles. The van der Waals surface area contributed by atoms with Gasteiger partial charge in [0.05, 0.1) is 6.61 Å². The molecular weight excluding hydrogens is 310 g/mol. The van der Waals surface area contributed by atoms with Crippen LogP contribution in [-0.4, -0.2) is 36.8 Å². The van der Waals surface area contributed by atoms with Crippen molar-refractivity contribution >= 4 is 17.6 Å². The van der Waals surface area contributed by atoms with E-state index in [9.17, 15) is 14.7 Å². The Hall–Kier alpha value is -2.08. The van der Waals surface area contributed by atoms with Crippen molar-refractivity contribution in [2.45, 2.75) is 32.6 Å². The number of carboxylic acids is 1. The van der Waals surface area contributed by atoms with E-state index in [1.54, 1.807) is 12.1 Å². The lowest BCUT2D eigenvalue weighted by Gasteiger charge is -2.22. The minimum absolute atomic E-state index is 0.396. The Balaban J connectivity index is 1.63. The molecule has 3 rings (SSSR count). The molecule has 130 valence electrons. The van der Waals surface area contributed by atoms with Crippen LogP contribution in [0, 0.1) is 18.3 Å². The monoisotopic (exact) mass is 333 g/mol. The first-order valence-corrected chi connectivity index (χ1v) is 8.37. The van der Waals surface area contributed by atoms with E-state index in [0.29, 0.717) is 31.1 Å². The van der Waals surface area contributed by atoms with Crippen molar-refractivity contribution in [3.05, 3.63) is 23.8 Å². The summed E-state index contributed by atoms with van der Waals surface area (Å²) in [6.45, 7) is 4.13. The normalized spacial score (nSPS) is 19.5. The summed E-state index contributed by atoms with van der Waals surface area (Å²) < 4.78 is 11.3. The van der Waals surface area contributed by atoms with Gasteiger partial charge in [0.15, 0.2) is 0 Å². The van der Waals surface area contributed by atoms with Crippen molar-refractivity contribution in [2.75, 3.05) is 25.1 Å². The number of nitrogens with one attached hydrogen (secondary N) is 1. The van der Waals surface area contributed by atoms with Gasteiger partial charge in [-0.15, -0.1) is 0 Å². The first-order valence-electron chi connectivity index (χ1n) is 8.37. The lowest BCUT2D eigenvalue weighted by Crippen LogP contribution is -2.31. The Morgan fingerprint density at radius 1 is 1.33 bits per heavy atom. The van der Waals surface area contributed by atoms with Gasteiger partial charge < -0.3 is 19.9 Å². The predicted octanol–water partition coefficient (Wildman–Crippen LogP) is 2.60. The molecule has 0 bridgehead atoms. The highest BCUT2D eigenvalue weighted by atomic mass is 16.5. The third kappa shape index (κ3) is 3.53. The molecule has 1 saturated carbocycles. The van der Waals surface area contributed by atoms with Crippen LogP contribution in [0.5, 0.6) is 5.75 Å². The number of aryl methyl sites for hydroxylation is 1. The second kappa shape index (κ2) is 6.81. The van der Waals surface area contributed by atoms with Crippen molar-refractivity contribution in [3.8, 4) is 5.75 Å². The summed E-state index contributed by atoms with van der Waals surface area (Å²) in [4.78, 5) is 23.4. The molecule has 6 nitrogen and oxygen atoms in total. The van der Waals surface area contributed by atoms with Gasteiger partial charge in [0.1, 0.15) is 11.2 Å². The number of hydrogen-bond acceptors (Lipinski definition) is 4. The molecule has 0 radical (unpaired) electrons. The quantitative estimate of drug-likeness (QED) is 0.782. The Labute approximate surface area is 141 Å². The molecule has 0 aromatic heterocycles. The highest BCUT2D eigenvalue weighted by Crippen LogP contribution is 2.46. The van der Waals surface area contributed by atoms with E-state index in [1.165, 1.54) is 0 Å². The molecule has 0 spiro atoms. The number of hydrogen-bond donors (Lipinski definition) is 2. The summed E-state index contributed by atoms with van der Waals surface area (Å²) in [5.41, 5.74) is 0.313. The summed E-state index contributed by atoms with van der Waals surface area (Å²) in [6.07, 6.45) is 2.79. The molecule has 1 aromatic rings. The molecule has 0 unspecified atom stereocenters. The first kappa shape index (κ1) is 16.8. The zero-order chi connectivity index (χ0) is 17.2. The number of anilines is 1. The van der Waals surface area contributed by atoms with E-state index in [1.807, 2.05) is 13.0 Å². The van der Waals surface area contributed by atoms with Crippen molar-refractivity contribution in [1.29, 1.82) is 0 Å². The smallest absolute Gasteiger partial charge is 0.319 e. The van der Waals surface area contributed by atoms with Crippen LogP contribution in [0.3, 0.4) is 0 Å². The van der Waals surface area contributed by atoms with Gasteiger partial charge in [0, 0.05) is 25.0 Å². The average molecular weight is 333 g/mol. The standard InChI is InChI=1S/C18H23NO5/c1-12-2-3-14(19-16(20)18(6-7-18)17(21)22)10-15(12)24-11-13-4-8-23-9-5-13/h2-3,10,13H,4-9,11H2,1H3,(H,19,20)(H,21,22). The fraction of sp³-hybridized carbons (Fsp3) is 0.556. The van der Waals surface area contributed by atoms with Crippen molar-refractivity contribution in [1.82, 2.24) is 0 Å². The van der Waals surface area contributed by atoms with E-state index in [2.05, 4.69) is 5.32 Å². The van der Waals surface area contributed by atoms with Crippen LogP contribution in [0.25, 0.3) is 0 Å². The number of rotatable bonds is 6. The van der Waals surface area contributed by atoms with E-state index in [0.717, 1.165) is 37.4 Å². The van der Waals surface area contributed by atoms with E-state index in [-0.39, 0.29) is 0 Å². The van der Waals surface area contributed by atoms with Gasteiger partial charge in [0.2, 0.25) is 5.91 Å². The van der Waals surface area contributed by atoms with Crippen molar-refractivity contribution in [2.24, 2.45) is 11.3 Å². The van der Waals surface area contributed by atoms with Crippen LogP contribution >= 0.6 is 0 Å². The molecule has 2 fully saturated rings. The molecule has 1 aliphatic heterocycles. The van der Waals surface area contributed by atoms with Crippen LogP contribution in [0.4, 0.5) is 5.69 Å². The lowest BCUT2D eigenvalue weighted by atomic mass is 10.0. The molecule has 6 heteroatoms. The van der Waals surface area contributed by atoms with E-state index in [4.69, 9.17) is 9.47 Å². The molecule has 2 aliphatic rings. The zero-order valence-electron chi connectivity index (χ0n) is 13.8. The minimum Gasteiger partial charge on any atom is -0.493 e. The molecule has 1 aliphatic carbocycles. The van der Waals surface area contributed by atoms with Crippen LogP contribution in [0.1, 0.15) is 31.2 Å². The maximum atomic E-state index is 12.2. The first-order chi connectivity index (χ1) is 11.5. The largest absolute Gasteiger partial charge is 0.493 e. The van der Waals surface area contributed by atoms with Gasteiger partial charge >= 0.3 is 5.97 Å². The van der Waals surface area contributed by atoms with Gasteiger partial charge in [-0.25, -0.2) is 0 Å². The number of amides is 1. The minimum atomic E-state index is -1.24. The number of aliphatic carboxylic acids is 1. The van der Waals surface area contributed by atoms with Gasteiger partial charge in [-0.2, -0.15) is 0 Å². The van der Waals surface area contributed by atoms with Crippen LogP contribution in [-0.2, 0) is 14.3 Å². The molecule has 1 amide bonds. The van der Waals surface area contributed by atoms with Gasteiger partial charge in [-0.05, 0) is 50.2 Å². The predicted molar refractivity (Wildman–Crippen MR) is 88.1 cm³/mol. The number of carboxylic acid groups (broad SMARTS) is 1. The van der Waals surface area contributed by atoms with E-state index < -0.39 is 17.3 Å². The Bertz CT molecular complexity index is 632. The zero-order valence-corrected chi connectivity index (χ0v) is 13.8. The number of carbonyl (C=O) groups excluding carboxylic acids is 1. The third-order valence-corrected chi connectivity index (χ3v) is 4.86. The second-order valence-electron chi connectivity index (χ2n) is 6.69. The fourth-order valence-electron chi connectivity index (χ4n) is 2.87.